The normalized spacial score (nSPS) is 10.1. The maximum Gasteiger partial charge on any atom is 2.00 e. The van der Waals surface area contributed by atoms with E-state index in [-0.39, 0.29) is 40.3 Å². The van der Waals surface area contributed by atoms with E-state index >= 15 is 0 Å². The van der Waals surface area contributed by atoms with Gasteiger partial charge in [-0.2, -0.15) is 10.2 Å². The first-order valence-corrected chi connectivity index (χ1v) is 9.97. The van der Waals surface area contributed by atoms with Crippen LogP contribution in [0.3, 0.4) is 0 Å². The van der Waals surface area contributed by atoms with Crippen molar-refractivity contribution in [2.24, 2.45) is 0 Å². The molecule has 8 nitrogen and oxygen atoms in total. The first kappa shape index (κ1) is 25.6. The summed E-state index contributed by atoms with van der Waals surface area (Å²) in [5, 5.41) is 47.4. The van der Waals surface area contributed by atoms with Crippen LogP contribution in [0.1, 0.15) is 36.4 Å². The van der Waals surface area contributed by atoms with E-state index in [4.69, 9.17) is 10.8 Å². The van der Waals surface area contributed by atoms with E-state index in [0.29, 0.717) is 22.5 Å². The van der Waals surface area contributed by atoms with Gasteiger partial charge in [0.2, 0.25) is 0 Å². The average molecular weight is 492 g/mol. The van der Waals surface area contributed by atoms with Crippen LogP contribution in [0.25, 0.3) is 11.4 Å². The van der Waals surface area contributed by atoms with Crippen molar-refractivity contribution in [1.29, 1.82) is 10.8 Å². The van der Waals surface area contributed by atoms with E-state index in [1.807, 2.05) is 60.7 Å². The Morgan fingerprint density at radius 2 is 0.970 bits per heavy atom. The summed E-state index contributed by atoms with van der Waals surface area (Å²) in [7, 11) is 0. The van der Waals surface area contributed by atoms with Crippen LogP contribution in [0, 0.1) is 24.7 Å². The third-order valence-corrected chi connectivity index (χ3v) is 4.79. The summed E-state index contributed by atoms with van der Waals surface area (Å²) in [5.74, 6) is -0.451. The SMILES string of the molecule is CC(=N)c1c(C)nn(-c2ccccc2)c1[O-].CC(=N)c1c(C)nn(-c2ccccc2)c1[O-].[Cu+2]. The summed E-state index contributed by atoms with van der Waals surface area (Å²) in [6.45, 7) is 6.68. The second-order valence-electron chi connectivity index (χ2n) is 7.28. The average Bonchev–Trinajstić information content (AvgIpc) is 3.24. The van der Waals surface area contributed by atoms with Crippen LogP contribution >= 0.6 is 0 Å². The topological polar surface area (TPSA) is 129 Å². The van der Waals surface area contributed by atoms with Crippen LogP contribution in [0.5, 0.6) is 11.8 Å². The van der Waals surface area contributed by atoms with Crippen molar-refractivity contribution in [2.45, 2.75) is 27.7 Å². The molecular weight excluding hydrogens is 468 g/mol. The molecule has 1 radical (unpaired) electrons. The largest absolute Gasteiger partial charge is 2.00 e. The minimum Gasteiger partial charge on any atom is -0.858 e. The molecule has 4 aromatic rings. The zero-order valence-corrected chi connectivity index (χ0v) is 19.6. The predicted molar refractivity (Wildman–Crippen MR) is 120 cm³/mol. The van der Waals surface area contributed by atoms with Crippen molar-refractivity contribution in [3.63, 3.8) is 0 Å². The van der Waals surface area contributed by atoms with E-state index < -0.39 is 0 Å². The monoisotopic (exact) mass is 491 g/mol. The van der Waals surface area contributed by atoms with Crippen LogP contribution in [0.4, 0.5) is 0 Å². The van der Waals surface area contributed by atoms with Gasteiger partial charge < -0.3 is 21.0 Å². The fourth-order valence-electron chi connectivity index (χ4n) is 3.36. The first-order chi connectivity index (χ1) is 15.2. The summed E-state index contributed by atoms with van der Waals surface area (Å²) in [4.78, 5) is 0. The standard InChI is InChI=1S/2C12H13N3O.Cu/c2*1-8(13)11-9(2)14-15(12(11)16)10-6-4-3-5-7-10;/h2*3-7,13,16H,1-2H3;/q;;+2/p-2. The van der Waals surface area contributed by atoms with Gasteiger partial charge in [-0.1, -0.05) is 36.4 Å². The molecule has 2 aromatic carbocycles. The number of nitrogens with zero attached hydrogens (tertiary/aromatic N) is 4. The zero-order valence-electron chi connectivity index (χ0n) is 18.7. The van der Waals surface area contributed by atoms with E-state index in [0.717, 1.165) is 11.4 Å². The number of nitrogens with one attached hydrogen (secondary N) is 2. The van der Waals surface area contributed by atoms with Gasteiger partial charge in [-0.05, 0) is 52.0 Å². The van der Waals surface area contributed by atoms with Crippen molar-refractivity contribution < 1.29 is 27.3 Å². The smallest absolute Gasteiger partial charge is 0.858 e. The Balaban J connectivity index is 0.000000227. The minimum atomic E-state index is -0.226. The Morgan fingerprint density at radius 3 is 1.21 bits per heavy atom. The summed E-state index contributed by atoms with van der Waals surface area (Å²) < 4.78 is 2.67. The molecule has 0 saturated carbocycles. The number of rotatable bonds is 4. The summed E-state index contributed by atoms with van der Waals surface area (Å²) in [6.07, 6.45) is 0. The quantitative estimate of drug-likeness (QED) is 0.335. The first-order valence-electron chi connectivity index (χ1n) is 9.97. The second-order valence-corrected chi connectivity index (χ2v) is 7.28. The van der Waals surface area contributed by atoms with Crippen LogP contribution < -0.4 is 10.2 Å². The van der Waals surface area contributed by atoms with Crippen molar-refractivity contribution in [1.82, 2.24) is 19.6 Å². The molecule has 0 aliphatic carbocycles. The van der Waals surface area contributed by atoms with E-state index in [9.17, 15) is 10.2 Å². The predicted octanol–water partition coefficient (Wildman–Crippen LogP) is 3.28. The number of benzene rings is 2. The number of aryl methyl sites for hydroxylation is 2. The molecule has 0 bridgehead atoms. The maximum atomic E-state index is 12.0. The Kier molecular flexibility index (Phi) is 8.34. The molecule has 0 unspecified atom stereocenters. The fourth-order valence-corrected chi connectivity index (χ4v) is 3.36. The molecule has 0 atom stereocenters. The van der Waals surface area contributed by atoms with Gasteiger partial charge >= 0.3 is 17.1 Å². The van der Waals surface area contributed by atoms with Gasteiger partial charge in [0, 0.05) is 34.3 Å². The van der Waals surface area contributed by atoms with E-state index in [1.54, 1.807) is 27.7 Å². The molecule has 0 fully saturated rings. The number of hydrogen-bond donors (Lipinski definition) is 2. The Morgan fingerprint density at radius 1 is 0.667 bits per heavy atom. The van der Waals surface area contributed by atoms with Crippen LogP contribution in [-0.2, 0) is 17.1 Å². The Bertz CT molecular complexity index is 1160. The summed E-state index contributed by atoms with van der Waals surface area (Å²) in [5.41, 5.74) is 3.94. The third kappa shape index (κ3) is 5.39. The molecule has 4 rings (SSSR count). The third-order valence-electron chi connectivity index (χ3n) is 4.79. The number of aromatic nitrogens is 4. The van der Waals surface area contributed by atoms with Crippen molar-refractivity contribution in [3.8, 4) is 23.1 Å². The molecular formula is C24H24CuN6O2. The fraction of sp³-hybridized carbons (Fsp3) is 0.167. The number of hydrogen-bond acceptors (Lipinski definition) is 6. The van der Waals surface area contributed by atoms with Gasteiger partial charge in [0.1, 0.15) is 0 Å². The van der Waals surface area contributed by atoms with Crippen LogP contribution in [-0.4, -0.2) is 31.0 Å². The summed E-state index contributed by atoms with van der Waals surface area (Å²) in [6, 6.07) is 18.4. The van der Waals surface area contributed by atoms with Gasteiger partial charge in [0.15, 0.2) is 0 Å². The van der Waals surface area contributed by atoms with E-state index in [2.05, 4.69) is 10.2 Å². The zero-order chi connectivity index (χ0) is 23.4. The molecule has 0 spiro atoms. The van der Waals surface area contributed by atoms with Crippen molar-refractivity contribution in [2.75, 3.05) is 0 Å². The summed E-state index contributed by atoms with van der Waals surface area (Å²) >= 11 is 0. The van der Waals surface area contributed by atoms with Crippen molar-refractivity contribution in [3.05, 3.63) is 83.2 Å². The molecule has 0 aliphatic rings. The van der Waals surface area contributed by atoms with Gasteiger partial charge in [-0.3, -0.25) is 0 Å². The molecule has 173 valence electrons. The molecule has 33 heavy (non-hydrogen) atoms. The van der Waals surface area contributed by atoms with Crippen molar-refractivity contribution >= 4 is 11.4 Å². The molecule has 0 saturated heterocycles. The molecule has 0 amide bonds. The van der Waals surface area contributed by atoms with Gasteiger partial charge in [-0.25, -0.2) is 9.36 Å². The molecule has 0 aliphatic heterocycles. The molecule has 2 N–H and O–H groups in total. The van der Waals surface area contributed by atoms with Crippen LogP contribution in [0.2, 0.25) is 0 Å². The second kappa shape index (κ2) is 10.8. The molecule has 9 heteroatoms. The Hall–Kier alpha value is -3.68. The Labute approximate surface area is 203 Å². The van der Waals surface area contributed by atoms with Gasteiger partial charge in [0.25, 0.3) is 0 Å². The van der Waals surface area contributed by atoms with E-state index in [1.165, 1.54) is 9.36 Å². The maximum absolute atomic E-state index is 12.0. The number of para-hydroxylation sites is 2. The van der Waals surface area contributed by atoms with Crippen LogP contribution in [0.15, 0.2) is 60.7 Å². The minimum absolute atomic E-state index is 0. The van der Waals surface area contributed by atoms with Gasteiger partial charge in [0.05, 0.1) is 22.8 Å². The van der Waals surface area contributed by atoms with Gasteiger partial charge in [-0.15, -0.1) is 0 Å². The molecule has 2 aromatic heterocycles. The molecule has 2 heterocycles.